The second-order valence-corrected chi connectivity index (χ2v) is 8.56. The first-order valence-electron chi connectivity index (χ1n) is 10.0. The van der Waals surface area contributed by atoms with Gasteiger partial charge in [0, 0.05) is 31.7 Å². The summed E-state index contributed by atoms with van der Waals surface area (Å²) in [6.07, 6.45) is 5.35. The SMILES string of the molecule is O=C(NCCCCCN1CC(C(=O)NC2CC2)C1)c1cc(-c2cccs2)on1. The molecule has 8 heteroatoms. The largest absolute Gasteiger partial charge is 0.355 e. The summed E-state index contributed by atoms with van der Waals surface area (Å²) < 4.78 is 5.24. The van der Waals surface area contributed by atoms with Crippen LogP contribution >= 0.6 is 11.3 Å². The van der Waals surface area contributed by atoms with Gasteiger partial charge in [0.05, 0.1) is 10.8 Å². The lowest BCUT2D eigenvalue weighted by Gasteiger charge is -2.38. The predicted molar refractivity (Wildman–Crippen MR) is 107 cm³/mol. The molecule has 0 aromatic carbocycles. The van der Waals surface area contributed by atoms with Crippen LogP contribution in [0.4, 0.5) is 0 Å². The lowest BCUT2D eigenvalue weighted by molar-refractivity contribution is -0.130. The minimum absolute atomic E-state index is 0.182. The Hall–Kier alpha value is -2.19. The van der Waals surface area contributed by atoms with E-state index < -0.39 is 0 Å². The van der Waals surface area contributed by atoms with Crippen molar-refractivity contribution >= 4 is 23.2 Å². The summed E-state index contributed by atoms with van der Waals surface area (Å²) in [5.41, 5.74) is 0.319. The van der Waals surface area contributed by atoms with Crippen LogP contribution in [0.2, 0.25) is 0 Å². The molecule has 0 atom stereocenters. The highest BCUT2D eigenvalue weighted by atomic mass is 32.1. The van der Waals surface area contributed by atoms with E-state index in [0.717, 1.165) is 56.6 Å². The van der Waals surface area contributed by atoms with Crippen LogP contribution in [0, 0.1) is 5.92 Å². The van der Waals surface area contributed by atoms with Crippen molar-refractivity contribution in [2.75, 3.05) is 26.2 Å². The number of nitrogens with one attached hydrogen (secondary N) is 2. The Balaban J connectivity index is 1.05. The normalized spacial score (nSPS) is 17.3. The molecule has 150 valence electrons. The number of rotatable bonds is 10. The van der Waals surface area contributed by atoms with E-state index in [1.165, 1.54) is 0 Å². The smallest absolute Gasteiger partial charge is 0.273 e. The van der Waals surface area contributed by atoms with Crippen molar-refractivity contribution in [1.82, 2.24) is 20.7 Å². The highest BCUT2D eigenvalue weighted by molar-refractivity contribution is 7.13. The topological polar surface area (TPSA) is 87.5 Å². The van der Waals surface area contributed by atoms with Crippen LogP contribution in [0.3, 0.4) is 0 Å². The Morgan fingerprint density at radius 3 is 2.86 bits per heavy atom. The summed E-state index contributed by atoms with van der Waals surface area (Å²) in [4.78, 5) is 27.3. The molecule has 2 aromatic rings. The van der Waals surface area contributed by atoms with Crippen molar-refractivity contribution in [3.8, 4) is 10.6 Å². The number of hydrogen-bond acceptors (Lipinski definition) is 6. The Kier molecular flexibility index (Phi) is 6.07. The number of unbranched alkanes of at least 4 members (excludes halogenated alkanes) is 2. The third-order valence-electron chi connectivity index (χ3n) is 5.20. The third-order valence-corrected chi connectivity index (χ3v) is 6.08. The fraction of sp³-hybridized carbons (Fsp3) is 0.550. The minimum Gasteiger partial charge on any atom is -0.355 e. The third kappa shape index (κ3) is 4.99. The molecule has 0 spiro atoms. The van der Waals surface area contributed by atoms with Gasteiger partial charge < -0.3 is 20.1 Å². The molecule has 4 rings (SSSR count). The van der Waals surface area contributed by atoms with Gasteiger partial charge in [-0.3, -0.25) is 9.59 Å². The van der Waals surface area contributed by atoms with Crippen LogP contribution in [0.1, 0.15) is 42.6 Å². The standard InChI is InChI=1S/C20H26N4O3S/c25-19(22-15-6-7-15)14-12-24(13-14)9-3-1-2-8-21-20(26)16-11-17(27-23-16)18-5-4-10-28-18/h4-5,10-11,14-15H,1-3,6-9,12-13H2,(H,21,26)(H,22,25). The van der Waals surface area contributed by atoms with Crippen LogP contribution < -0.4 is 10.6 Å². The molecule has 2 aliphatic rings. The zero-order valence-corrected chi connectivity index (χ0v) is 16.7. The average molecular weight is 403 g/mol. The summed E-state index contributed by atoms with van der Waals surface area (Å²) in [5, 5.41) is 11.8. The van der Waals surface area contributed by atoms with E-state index >= 15 is 0 Å². The molecule has 28 heavy (non-hydrogen) atoms. The van der Waals surface area contributed by atoms with Gasteiger partial charge in [0.25, 0.3) is 5.91 Å². The fourth-order valence-corrected chi connectivity index (χ4v) is 3.98. The molecule has 0 unspecified atom stereocenters. The number of thiophene rings is 1. The van der Waals surface area contributed by atoms with Crippen LogP contribution in [0.5, 0.6) is 0 Å². The van der Waals surface area contributed by atoms with Crippen LogP contribution in [0.15, 0.2) is 28.1 Å². The van der Waals surface area contributed by atoms with E-state index in [9.17, 15) is 9.59 Å². The monoisotopic (exact) mass is 402 g/mol. The molecule has 1 saturated heterocycles. The molecule has 2 aromatic heterocycles. The van der Waals surface area contributed by atoms with Crippen molar-refractivity contribution in [2.24, 2.45) is 5.92 Å². The molecular weight excluding hydrogens is 376 g/mol. The second kappa shape index (κ2) is 8.87. The minimum atomic E-state index is -0.196. The van der Waals surface area contributed by atoms with Gasteiger partial charge in [-0.25, -0.2) is 0 Å². The van der Waals surface area contributed by atoms with Gasteiger partial charge in [-0.05, 0) is 43.7 Å². The van der Waals surface area contributed by atoms with E-state index in [4.69, 9.17) is 4.52 Å². The highest BCUT2D eigenvalue weighted by Crippen LogP contribution is 2.25. The van der Waals surface area contributed by atoms with Gasteiger partial charge in [0.2, 0.25) is 5.91 Å². The number of hydrogen-bond donors (Lipinski definition) is 2. The van der Waals surface area contributed by atoms with Gasteiger partial charge >= 0.3 is 0 Å². The summed E-state index contributed by atoms with van der Waals surface area (Å²) in [5.74, 6) is 0.843. The summed E-state index contributed by atoms with van der Waals surface area (Å²) in [6.45, 7) is 3.42. The quantitative estimate of drug-likeness (QED) is 0.596. The molecule has 0 radical (unpaired) electrons. The summed E-state index contributed by atoms with van der Waals surface area (Å²) in [6, 6.07) is 6.01. The number of nitrogens with zero attached hydrogens (tertiary/aromatic N) is 2. The lowest BCUT2D eigenvalue weighted by Crippen LogP contribution is -2.54. The number of carbonyl (C=O) groups is 2. The molecule has 2 amide bonds. The molecule has 3 heterocycles. The maximum atomic E-state index is 12.1. The number of amides is 2. The van der Waals surface area contributed by atoms with E-state index in [0.29, 0.717) is 24.0 Å². The van der Waals surface area contributed by atoms with Gasteiger partial charge in [0.15, 0.2) is 11.5 Å². The van der Waals surface area contributed by atoms with E-state index in [-0.39, 0.29) is 17.7 Å². The first kappa shape index (κ1) is 19.1. The van der Waals surface area contributed by atoms with E-state index in [1.54, 1.807) is 17.4 Å². The highest BCUT2D eigenvalue weighted by Gasteiger charge is 2.34. The van der Waals surface area contributed by atoms with Crippen molar-refractivity contribution in [3.63, 3.8) is 0 Å². The molecule has 1 aliphatic heterocycles. The second-order valence-electron chi connectivity index (χ2n) is 7.61. The van der Waals surface area contributed by atoms with E-state index in [1.807, 2.05) is 17.5 Å². The molecular formula is C20H26N4O3S. The number of aromatic nitrogens is 1. The molecule has 1 saturated carbocycles. The molecule has 2 N–H and O–H groups in total. The van der Waals surface area contributed by atoms with E-state index in [2.05, 4.69) is 20.7 Å². The Morgan fingerprint density at radius 2 is 2.11 bits per heavy atom. The summed E-state index contributed by atoms with van der Waals surface area (Å²) >= 11 is 1.55. The Morgan fingerprint density at radius 1 is 1.25 bits per heavy atom. The number of likely N-dealkylation sites (tertiary alicyclic amines) is 1. The Labute approximate surface area is 168 Å². The zero-order valence-electron chi connectivity index (χ0n) is 15.9. The van der Waals surface area contributed by atoms with Gasteiger partial charge in [0.1, 0.15) is 0 Å². The molecule has 1 aliphatic carbocycles. The average Bonchev–Trinajstić information content (AvgIpc) is 3.13. The van der Waals surface area contributed by atoms with Gasteiger partial charge in [-0.1, -0.05) is 17.6 Å². The zero-order chi connectivity index (χ0) is 19.3. The first-order valence-corrected chi connectivity index (χ1v) is 10.9. The summed E-state index contributed by atoms with van der Waals surface area (Å²) in [7, 11) is 0. The molecule has 7 nitrogen and oxygen atoms in total. The van der Waals surface area contributed by atoms with Crippen molar-refractivity contribution in [2.45, 2.75) is 38.1 Å². The molecule has 0 bridgehead atoms. The van der Waals surface area contributed by atoms with Gasteiger partial charge in [-0.15, -0.1) is 11.3 Å². The van der Waals surface area contributed by atoms with Crippen molar-refractivity contribution < 1.29 is 14.1 Å². The van der Waals surface area contributed by atoms with Crippen LogP contribution in [-0.4, -0.2) is 54.1 Å². The number of carbonyl (C=O) groups excluding carboxylic acids is 2. The fourth-order valence-electron chi connectivity index (χ4n) is 3.31. The van der Waals surface area contributed by atoms with Crippen LogP contribution in [0.25, 0.3) is 10.6 Å². The maximum Gasteiger partial charge on any atom is 0.273 e. The van der Waals surface area contributed by atoms with Crippen molar-refractivity contribution in [1.29, 1.82) is 0 Å². The van der Waals surface area contributed by atoms with Crippen LogP contribution in [-0.2, 0) is 4.79 Å². The predicted octanol–water partition coefficient (Wildman–Crippen LogP) is 2.51. The molecule has 2 fully saturated rings. The maximum absolute atomic E-state index is 12.1. The lowest BCUT2D eigenvalue weighted by atomic mass is 9.98. The van der Waals surface area contributed by atoms with Gasteiger partial charge in [-0.2, -0.15) is 0 Å². The Bertz CT molecular complexity index is 794. The van der Waals surface area contributed by atoms with Crippen molar-refractivity contribution in [3.05, 3.63) is 29.3 Å². The first-order chi connectivity index (χ1) is 13.7.